The molecule has 1 unspecified atom stereocenters. The molecule has 0 aliphatic heterocycles. The van der Waals surface area contributed by atoms with Crippen LogP contribution < -0.4 is 0 Å². The third-order valence-corrected chi connectivity index (χ3v) is 5.61. The van der Waals surface area contributed by atoms with Gasteiger partial charge in [-0.2, -0.15) is 8.42 Å². The van der Waals surface area contributed by atoms with Crippen molar-refractivity contribution in [2.75, 3.05) is 6.61 Å². The Balaban J connectivity index is 3.33. The lowest BCUT2D eigenvalue weighted by atomic mass is 10.1. The predicted octanol–water partition coefficient (Wildman–Crippen LogP) is 3.20. The number of hydrogen-bond acceptors (Lipinski definition) is 8. The molecule has 0 aromatic heterocycles. The normalized spacial score (nSPS) is 14.6. The van der Waals surface area contributed by atoms with E-state index in [1.54, 1.807) is 0 Å². The van der Waals surface area contributed by atoms with Crippen LogP contribution in [0.2, 0.25) is 15.1 Å². The Labute approximate surface area is 175 Å². The molecule has 0 bridgehead atoms. The topological polar surface area (TPSA) is 120 Å². The second-order valence-corrected chi connectivity index (χ2v) is 8.04. The highest BCUT2D eigenvalue weighted by Gasteiger charge is 2.38. The fourth-order valence-electron chi connectivity index (χ4n) is 1.92. The quantitative estimate of drug-likeness (QED) is 0.250. The van der Waals surface area contributed by atoms with Crippen LogP contribution in [0.4, 0.5) is 4.39 Å². The Morgan fingerprint density at radius 3 is 2.21 bits per heavy atom. The maximum atomic E-state index is 14.1. The van der Waals surface area contributed by atoms with Gasteiger partial charge in [-0.3, -0.25) is 13.8 Å². The summed E-state index contributed by atoms with van der Waals surface area (Å²) in [6.45, 7) is 1.17. The SMILES string of the molecule is CC(=O)OCC(OS(=O)(=O)c1cc(Cl)c(Cl)cc1Cl)[C@H](OC(C)=O)[C@@H](F)C=N. The first-order chi connectivity index (χ1) is 12.9. The molecule has 1 N–H and O–H groups in total. The average Bonchev–Trinajstić information content (AvgIpc) is 2.58. The molecule has 1 aromatic rings. The third kappa shape index (κ3) is 6.85. The van der Waals surface area contributed by atoms with Crippen LogP contribution in [-0.2, 0) is 33.4 Å². The number of rotatable bonds is 9. The lowest BCUT2D eigenvalue weighted by Crippen LogP contribution is -2.45. The molecular formula is C15H15Cl3FNO7S. The van der Waals surface area contributed by atoms with Gasteiger partial charge in [-0.05, 0) is 12.1 Å². The average molecular weight is 479 g/mol. The fourth-order valence-corrected chi connectivity index (χ4v) is 3.97. The van der Waals surface area contributed by atoms with Crippen molar-refractivity contribution in [3.63, 3.8) is 0 Å². The van der Waals surface area contributed by atoms with Crippen molar-refractivity contribution < 1.29 is 36.1 Å². The molecule has 8 nitrogen and oxygen atoms in total. The van der Waals surface area contributed by atoms with Gasteiger partial charge in [0.05, 0.1) is 15.1 Å². The number of carbonyl (C=O) groups is 2. The highest BCUT2D eigenvalue weighted by molar-refractivity contribution is 7.87. The lowest BCUT2D eigenvalue weighted by Gasteiger charge is -2.27. The van der Waals surface area contributed by atoms with Gasteiger partial charge in [0.2, 0.25) is 0 Å². The summed E-state index contributed by atoms with van der Waals surface area (Å²) in [6, 6.07) is 1.97. The van der Waals surface area contributed by atoms with Gasteiger partial charge in [0.25, 0.3) is 10.1 Å². The van der Waals surface area contributed by atoms with Crippen LogP contribution in [0.15, 0.2) is 17.0 Å². The monoisotopic (exact) mass is 477 g/mol. The zero-order chi connectivity index (χ0) is 21.6. The molecule has 13 heteroatoms. The van der Waals surface area contributed by atoms with Crippen LogP contribution >= 0.6 is 34.8 Å². The number of ether oxygens (including phenoxy) is 2. The van der Waals surface area contributed by atoms with E-state index in [4.69, 9.17) is 49.1 Å². The van der Waals surface area contributed by atoms with Gasteiger partial charge in [0, 0.05) is 20.1 Å². The van der Waals surface area contributed by atoms with Gasteiger partial charge >= 0.3 is 11.9 Å². The number of benzene rings is 1. The summed E-state index contributed by atoms with van der Waals surface area (Å²) in [5.74, 6) is -1.80. The van der Waals surface area contributed by atoms with E-state index in [2.05, 4.69) is 4.74 Å². The van der Waals surface area contributed by atoms with Crippen LogP contribution in [0.3, 0.4) is 0 Å². The summed E-state index contributed by atoms with van der Waals surface area (Å²) < 4.78 is 53.6. The highest BCUT2D eigenvalue weighted by Crippen LogP contribution is 2.33. The predicted molar refractivity (Wildman–Crippen MR) is 99.4 cm³/mol. The molecule has 0 saturated heterocycles. The standard InChI is InChI=1S/C15H15Cl3FNO7S/c1-7(21)25-6-13(15(12(19)5-20)26-8(2)22)27-28(23,24)14-4-10(17)9(16)3-11(14)18/h3-5,12-13,15,20H,6H2,1-2H3/t12-,13?,15+/m0/s1. The van der Waals surface area contributed by atoms with Crippen LogP contribution in [-0.4, -0.2) is 51.6 Å². The third-order valence-electron chi connectivity index (χ3n) is 3.09. The van der Waals surface area contributed by atoms with E-state index in [9.17, 15) is 22.4 Å². The Morgan fingerprint density at radius 2 is 1.71 bits per heavy atom. The molecule has 1 rings (SSSR count). The second-order valence-electron chi connectivity index (χ2n) is 5.27. The number of hydrogen-bond donors (Lipinski definition) is 1. The molecule has 0 radical (unpaired) electrons. The molecule has 3 atom stereocenters. The van der Waals surface area contributed by atoms with E-state index in [1.165, 1.54) is 0 Å². The van der Waals surface area contributed by atoms with Gasteiger partial charge < -0.3 is 14.9 Å². The van der Waals surface area contributed by atoms with Crippen molar-refractivity contribution in [3.8, 4) is 0 Å². The van der Waals surface area contributed by atoms with Crippen LogP contribution in [0.25, 0.3) is 0 Å². The van der Waals surface area contributed by atoms with E-state index in [1.807, 2.05) is 0 Å². The maximum Gasteiger partial charge on any atom is 0.303 e. The largest absolute Gasteiger partial charge is 0.463 e. The van der Waals surface area contributed by atoms with E-state index in [0.29, 0.717) is 0 Å². The number of nitrogens with one attached hydrogen (secondary N) is 1. The molecule has 0 fully saturated rings. The Morgan fingerprint density at radius 1 is 1.14 bits per heavy atom. The van der Waals surface area contributed by atoms with Crippen LogP contribution in [0, 0.1) is 5.41 Å². The second kappa shape index (κ2) is 10.4. The van der Waals surface area contributed by atoms with Crippen molar-refractivity contribution in [2.24, 2.45) is 0 Å². The van der Waals surface area contributed by atoms with Crippen molar-refractivity contribution in [3.05, 3.63) is 27.2 Å². The molecule has 1 aromatic carbocycles. The molecule has 0 aliphatic carbocycles. The molecule has 0 saturated carbocycles. The summed E-state index contributed by atoms with van der Waals surface area (Å²) in [5, 5.41) is 6.51. The molecule has 0 spiro atoms. The molecule has 28 heavy (non-hydrogen) atoms. The van der Waals surface area contributed by atoms with E-state index >= 15 is 0 Å². The molecule has 0 heterocycles. The summed E-state index contributed by atoms with van der Waals surface area (Å²) >= 11 is 17.4. The Hall–Kier alpha value is -1.46. The first kappa shape index (κ1) is 24.6. The maximum absolute atomic E-state index is 14.1. The molecule has 0 amide bonds. The van der Waals surface area contributed by atoms with E-state index in [-0.39, 0.29) is 21.3 Å². The van der Waals surface area contributed by atoms with Crippen molar-refractivity contribution in [1.82, 2.24) is 0 Å². The first-order valence-corrected chi connectivity index (χ1v) is 9.96. The summed E-state index contributed by atoms with van der Waals surface area (Å²) in [5.41, 5.74) is 0. The fraction of sp³-hybridized carbons (Fsp3) is 0.400. The van der Waals surface area contributed by atoms with Gasteiger partial charge in [-0.1, -0.05) is 34.8 Å². The Kier molecular flexibility index (Phi) is 9.09. The summed E-state index contributed by atoms with van der Waals surface area (Å²) in [4.78, 5) is 21.7. The Bertz CT molecular complexity index is 865. The van der Waals surface area contributed by atoms with Gasteiger partial charge in [-0.15, -0.1) is 0 Å². The first-order valence-electron chi connectivity index (χ1n) is 7.42. The van der Waals surface area contributed by atoms with Gasteiger partial charge in [0.1, 0.15) is 11.5 Å². The zero-order valence-electron chi connectivity index (χ0n) is 14.4. The van der Waals surface area contributed by atoms with Crippen LogP contribution in [0.5, 0.6) is 0 Å². The minimum atomic E-state index is -4.70. The number of esters is 2. The number of alkyl halides is 1. The summed E-state index contributed by atoms with van der Waals surface area (Å²) in [7, 11) is -4.70. The van der Waals surface area contributed by atoms with Crippen molar-refractivity contribution in [2.45, 2.75) is 37.1 Å². The summed E-state index contributed by atoms with van der Waals surface area (Å²) in [6.07, 6.45) is -5.69. The number of halogens is 4. The van der Waals surface area contributed by atoms with Crippen molar-refractivity contribution in [1.29, 1.82) is 5.41 Å². The van der Waals surface area contributed by atoms with Gasteiger partial charge in [0.15, 0.2) is 18.4 Å². The van der Waals surface area contributed by atoms with E-state index in [0.717, 1.165) is 26.0 Å². The zero-order valence-corrected chi connectivity index (χ0v) is 17.5. The molecule has 156 valence electrons. The smallest absolute Gasteiger partial charge is 0.303 e. The van der Waals surface area contributed by atoms with E-state index < -0.39 is 51.9 Å². The lowest BCUT2D eigenvalue weighted by molar-refractivity contribution is -0.159. The minimum absolute atomic E-state index is 0.0208. The van der Waals surface area contributed by atoms with Gasteiger partial charge in [-0.25, -0.2) is 4.39 Å². The molecule has 0 aliphatic rings. The number of carbonyl (C=O) groups excluding carboxylic acids is 2. The molecular weight excluding hydrogens is 464 g/mol. The van der Waals surface area contributed by atoms with Crippen LogP contribution in [0.1, 0.15) is 13.8 Å². The van der Waals surface area contributed by atoms with Crippen molar-refractivity contribution >= 4 is 63.1 Å². The minimum Gasteiger partial charge on any atom is -0.463 e. The highest BCUT2D eigenvalue weighted by atomic mass is 35.5.